The van der Waals surface area contributed by atoms with Gasteiger partial charge in [0.05, 0.1) is 34.5 Å². The summed E-state index contributed by atoms with van der Waals surface area (Å²) in [5.41, 5.74) is 2.45. The van der Waals surface area contributed by atoms with Crippen LogP contribution in [0.15, 0.2) is 54.7 Å². The van der Waals surface area contributed by atoms with Crippen molar-refractivity contribution in [2.24, 2.45) is 0 Å². The van der Waals surface area contributed by atoms with Gasteiger partial charge < -0.3 is 10.1 Å². The number of ether oxygens (including phenoxy) is 1. The average Bonchev–Trinajstić information content (AvgIpc) is 3.05. The molecule has 4 rings (SSSR count). The molecule has 0 aliphatic heterocycles. The zero-order valence-corrected chi connectivity index (χ0v) is 16.4. The lowest BCUT2D eigenvalue weighted by atomic mass is 10.2. The Labute approximate surface area is 170 Å². The van der Waals surface area contributed by atoms with Gasteiger partial charge in [-0.3, -0.25) is 4.79 Å². The summed E-state index contributed by atoms with van der Waals surface area (Å²) < 4.78 is 20.2. The number of benzene rings is 2. The van der Waals surface area contributed by atoms with Crippen molar-refractivity contribution in [3.63, 3.8) is 0 Å². The number of carbonyl (C=O) groups excluding carboxylic acids is 1. The van der Waals surface area contributed by atoms with Gasteiger partial charge in [0.2, 0.25) is 0 Å². The van der Waals surface area contributed by atoms with E-state index in [2.05, 4.69) is 15.4 Å². The first kappa shape index (κ1) is 18.9. The van der Waals surface area contributed by atoms with Crippen LogP contribution in [0.3, 0.4) is 0 Å². The predicted octanol–water partition coefficient (Wildman–Crippen LogP) is 4.78. The molecule has 2 aromatic heterocycles. The van der Waals surface area contributed by atoms with Crippen LogP contribution < -0.4 is 10.1 Å². The predicted molar refractivity (Wildman–Crippen MR) is 110 cm³/mol. The Morgan fingerprint density at radius 1 is 1.21 bits per heavy atom. The van der Waals surface area contributed by atoms with E-state index in [1.54, 1.807) is 24.8 Å². The molecule has 29 heavy (non-hydrogen) atoms. The molecule has 1 amide bonds. The third kappa shape index (κ3) is 3.52. The molecular weight excluding hydrogens is 395 g/mol. The van der Waals surface area contributed by atoms with E-state index in [1.165, 1.54) is 24.4 Å². The second-order valence-corrected chi connectivity index (χ2v) is 6.72. The standard InChI is InChI=1S/C21H16ClFN4O2/c1-12-18-19(22)17(21(28)25-14-5-3-4-13(23)10-14)11-24-20(18)27(26-12)15-6-8-16(29-2)9-7-15/h3-11H,1-2H3,(H,25,28). The summed E-state index contributed by atoms with van der Waals surface area (Å²) in [6, 6.07) is 13.0. The van der Waals surface area contributed by atoms with Crippen LogP contribution in [0.1, 0.15) is 16.1 Å². The molecule has 0 unspecified atom stereocenters. The first-order valence-electron chi connectivity index (χ1n) is 8.73. The molecule has 0 aliphatic rings. The summed E-state index contributed by atoms with van der Waals surface area (Å²) in [6.45, 7) is 1.80. The lowest BCUT2D eigenvalue weighted by molar-refractivity contribution is 0.102. The number of hydrogen-bond donors (Lipinski definition) is 1. The van der Waals surface area contributed by atoms with Crippen LogP contribution in [-0.4, -0.2) is 27.8 Å². The number of carbonyl (C=O) groups is 1. The zero-order chi connectivity index (χ0) is 20.5. The van der Waals surface area contributed by atoms with Crippen molar-refractivity contribution in [3.8, 4) is 11.4 Å². The van der Waals surface area contributed by atoms with Crippen molar-refractivity contribution in [2.45, 2.75) is 6.92 Å². The first-order valence-corrected chi connectivity index (χ1v) is 9.11. The number of rotatable bonds is 4. The number of aromatic nitrogens is 3. The number of pyridine rings is 1. The van der Waals surface area contributed by atoms with Gasteiger partial charge in [-0.05, 0) is 49.4 Å². The van der Waals surface area contributed by atoms with E-state index in [-0.39, 0.29) is 10.6 Å². The normalized spacial score (nSPS) is 10.9. The molecular formula is C21H16ClFN4O2. The van der Waals surface area contributed by atoms with Crippen LogP contribution in [0.4, 0.5) is 10.1 Å². The summed E-state index contributed by atoms with van der Waals surface area (Å²) in [7, 11) is 1.60. The Kier molecular flexibility index (Phi) is 4.90. The van der Waals surface area contributed by atoms with Crippen molar-refractivity contribution in [1.82, 2.24) is 14.8 Å². The number of methoxy groups -OCH3 is 1. The average molecular weight is 411 g/mol. The van der Waals surface area contributed by atoms with E-state index < -0.39 is 11.7 Å². The van der Waals surface area contributed by atoms with Crippen LogP contribution in [-0.2, 0) is 0 Å². The van der Waals surface area contributed by atoms with Crippen molar-refractivity contribution >= 4 is 34.2 Å². The topological polar surface area (TPSA) is 69.0 Å². The third-order valence-electron chi connectivity index (χ3n) is 4.45. The number of amides is 1. The Hall–Kier alpha value is -3.45. The number of halogens is 2. The van der Waals surface area contributed by atoms with Gasteiger partial charge in [-0.2, -0.15) is 5.10 Å². The number of nitrogens with zero attached hydrogens (tertiary/aromatic N) is 3. The van der Waals surface area contributed by atoms with Gasteiger partial charge >= 0.3 is 0 Å². The van der Waals surface area contributed by atoms with Crippen molar-refractivity contribution < 1.29 is 13.9 Å². The van der Waals surface area contributed by atoms with E-state index in [0.717, 1.165) is 11.4 Å². The molecule has 2 aromatic carbocycles. The van der Waals surface area contributed by atoms with E-state index >= 15 is 0 Å². The van der Waals surface area contributed by atoms with Crippen molar-refractivity contribution in [2.75, 3.05) is 12.4 Å². The zero-order valence-electron chi connectivity index (χ0n) is 15.6. The largest absolute Gasteiger partial charge is 0.497 e. The lowest BCUT2D eigenvalue weighted by Crippen LogP contribution is -2.13. The minimum absolute atomic E-state index is 0.181. The molecule has 0 saturated heterocycles. The second kappa shape index (κ2) is 7.52. The van der Waals surface area contributed by atoms with Gasteiger partial charge in [0.15, 0.2) is 5.65 Å². The first-order chi connectivity index (χ1) is 14.0. The summed E-state index contributed by atoms with van der Waals surface area (Å²) in [6.07, 6.45) is 1.39. The van der Waals surface area contributed by atoms with E-state index in [0.29, 0.717) is 22.4 Å². The molecule has 146 valence electrons. The molecule has 0 radical (unpaired) electrons. The molecule has 1 N–H and O–H groups in total. The SMILES string of the molecule is COc1ccc(-n2nc(C)c3c(Cl)c(C(=O)Nc4cccc(F)c4)cnc32)cc1. The summed E-state index contributed by atoms with van der Waals surface area (Å²) in [4.78, 5) is 17.1. The van der Waals surface area contributed by atoms with Crippen LogP contribution in [0.2, 0.25) is 5.02 Å². The smallest absolute Gasteiger partial charge is 0.258 e. The van der Waals surface area contributed by atoms with E-state index in [1.807, 2.05) is 24.3 Å². The van der Waals surface area contributed by atoms with Crippen LogP contribution >= 0.6 is 11.6 Å². The lowest BCUT2D eigenvalue weighted by Gasteiger charge is -2.08. The van der Waals surface area contributed by atoms with Crippen molar-refractivity contribution in [1.29, 1.82) is 0 Å². The molecule has 2 heterocycles. The fourth-order valence-corrected chi connectivity index (χ4v) is 3.39. The fraction of sp³-hybridized carbons (Fsp3) is 0.0952. The molecule has 0 bridgehead atoms. The molecule has 0 fully saturated rings. The molecule has 0 aliphatic carbocycles. The Bertz CT molecular complexity index is 1220. The summed E-state index contributed by atoms with van der Waals surface area (Å²) in [5.74, 6) is -0.199. The maximum absolute atomic E-state index is 13.4. The van der Waals surface area contributed by atoms with E-state index in [4.69, 9.17) is 16.3 Å². The maximum Gasteiger partial charge on any atom is 0.258 e. The monoisotopic (exact) mass is 410 g/mol. The number of aryl methyl sites for hydroxylation is 1. The Balaban J connectivity index is 1.74. The number of fused-ring (bicyclic) bond motifs is 1. The Morgan fingerprint density at radius 2 is 1.97 bits per heavy atom. The van der Waals surface area contributed by atoms with Gasteiger partial charge in [-0.25, -0.2) is 14.1 Å². The fourth-order valence-electron chi connectivity index (χ4n) is 3.03. The minimum atomic E-state index is -0.480. The molecule has 4 aromatic rings. The van der Waals surface area contributed by atoms with Crippen LogP contribution in [0.25, 0.3) is 16.7 Å². The van der Waals surface area contributed by atoms with Gasteiger partial charge in [0.1, 0.15) is 11.6 Å². The van der Waals surface area contributed by atoms with Crippen LogP contribution in [0, 0.1) is 12.7 Å². The van der Waals surface area contributed by atoms with Gasteiger partial charge in [-0.1, -0.05) is 17.7 Å². The Morgan fingerprint density at radius 3 is 2.66 bits per heavy atom. The highest BCUT2D eigenvalue weighted by Gasteiger charge is 2.20. The van der Waals surface area contributed by atoms with Gasteiger partial charge in [-0.15, -0.1) is 0 Å². The summed E-state index contributed by atoms with van der Waals surface area (Å²) >= 11 is 6.54. The molecule has 0 atom stereocenters. The van der Waals surface area contributed by atoms with Gasteiger partial charge in [0.25, 0.3) is 5.91 Å². The van der Waals surface area contributed by atoms with Gasteiger partial charge in [0, 0.05) is 11.9 Å². The number of nitrogens with one attached hydrogen (secondary N) is 1. The molecule has 8 heteroatoms. The van der Waals surface area contributed by atoms with Crippen molar-refractivity contribution in [3.05, 3.63) is 76.8 Å². The minimum Gasteiger partial charge on any atom is -0.497 e. The quantitative estimate of drug-likeness (QED) is 0.525. The highest BCUT2D eigenvalue weighted by atomic mass is 35.5. The maximum atomic E-state index is 13.4. The highest BCUT2D eigenvalue weighted by molar-refractivity contribution is 6.39. The molecule has 0 spiro atoms. The highest BCUT2D eigenvalue weighted by Crippen LogP contribution is 2.30. The number of anilines is 1. The van der Waals surface area contributed by atoms with Crippen LogP contribution in [0.5, 0.6) is 5.75 Å². The van der Waals surface area contributed by atoms with E-state index in [9.17, 15) is 9.18 Å². The third-order valence-corrected chi connectivity index (χ3v) is 4.84. The number of hydrogen-bond acceptors (Lipinski definition) is 4. The summed E-state index contributed by atoms with van der Waals surface area (Å²) in [5, 5.41) is 7.97. The second-order valence-electron chi connectivity index (χ2n) is 6.34. The molecule has 0 saturated carbocycles. The molecule has 6 nitrogen and oxygen atoms in total.